The van der Waals surface area contributed by atoms with Crippen LogP contribution in [0.2, 0.25) is 0 Å². The first-order valence-corrected chi connectivity index (χ1v) is 12.8. The molecule has 29 heavy (non-hydrogen) atoms. The molecule has 0 aromatic heterocycles. The van der Waals surface area contributed by atoms with E-state index < -0.39 is 0 Å². The molecule has 0 aromatic rings. The maximum absolute atomic E-state index is 9.20. The van der Waals surface area contributed by atoms with E-state index in [2.05, 4.69) is 40.7 Å². The minimum absolute atomic E-state index is 0.0299. The topological polar surface area (TPSA) is 29.5 Å². The summed E-state index contributed by atoms with van der Waals surface area (Å²) in [7, 11) is 0. The molecule has 0 heterocycles. The molecule has 0 bridgehead atoms. The molecule has 2 heteroatoms. The van der Waals surface area contributed by atoms with Crippen LogP contribution < -0.4 is 0 Å². The van der Waals surface area contributed by atoms with Crippen LogP contribution in [0, 0.1) is 46.3 Å². The number of rotatable bonds is 6. The standard InChI is InChI=1S/C27H46O2/c1-18(2)7-6-8-19(3)23-11-12-24-22-10-9-20-17-21(29-28)13-15-26(20,4)25(22)14-16-27(23,24)5/h9,18-19,21-25,28H,6-8,10-17H2,1-5H3/t19-,21?,22?,23?,24?,25?,26-,27+/m0/s1. The summed E-state index contributed by atoms with van der Waals surface area (Å²) in [4.78, 5) is 4.75. The second-order valence-electron chi connectivity index (χ2n) is 12.3. The summed E-state index contributed by atoms with van der Waals surface area (Å²) in [5.74, 6) is 5.36. The maximum atomic E-state index is 9.20. The second kappa shape index (κ2) is 8.30. The van der Waals surface area contributed by atoms with E-state index in [4.69, 9.17) is 4.89 Å². The van der Waals surface area contributed by atoms with Crippen molar-refractivity contribution in [2.24, 2.45) is 46.3 Å². The van der Waals surface area contributed by atoms with Crippen molar-refractivity contribution in [3.05, 3.63) is 11.6 Å². The Kier molecular flexibility index (Phi) is 6.26. The van der Waals surface area contributed by atoms with E-state index in [1.165, 1.54) is 57.8 Å². The van der Waals surface area contributed by atoms with Gasteiger partial charge in [0.2, 0.25) is 0 Å². The van der Waals surface area contributed by atoms with Gasteiger partial charge in [0, 0.05) is 0 Å². The highest BCUT2D eigenvalue weighted by atomic mass is 17.1. The largest absolute Gasteiger partial charge is 0.252 e. The van der Waals surface area contributed by atoms with Crippen LogP contribution in [-0.4, -0.2) is 11.4 Å². The monoisotopic (exact) mass is 402 g/mol. The van der Waals surface area contributed by atoms with Gasteiger partial charge in [0.15, 0.2) is 0 Å². The first kappa shape index (κ1) is 21.9. The quantitative estimate of drug-likeness (QED) is 0.278. The molecular formula is C27H46O2. The Balaban J connectivity index is 1.48. The Morgan fingerprint density at radius 1 is 1.03 bits per heavy atom. The number of hydrogen-bond donors (Lipinski definition) is 1. The van der Waals surface area contributed by atoms with Crippen LogP contribution in [0.3, 0.4) is 0 Å². The normalized spacial score (nSPS) is 45.3. The van der Waals surface area contributed by atoms with Crippen LogP contribution in [-0.2, 0) is 4.89 Å². The molecule has 2 nitrogen and oxygen atoms in total. The van der Waals surface area contributed by atoms with Crippen molar-refractivity contribution >= 4 is 0 Å². The third-order valence-electron chi connectivity index (χ3n) is 10.4. The highest BCUT2D eigenvalue weighted by Crippen LogP contribution is 2.67. The molecule has 0 spiro atoms. The summed E-state index contributed by atoms with van der Waals surface area (Å²) in [5, 5.41) is 9.20. The van der Waals surface area contributed by atoms with Crippen molar-refractivity contribution in [3.63, 3.8) is 0 Å². The second-order valence-corrected chi connectivity index (χ2v) is 12.3. The third-order valence-corrected chi connectivity index (χ3v) is 10.4. The Bertz CT molecular complexity index is 610. The van der Waals surface area contributed by atoms with Crippen LogP contribution in [0.25, 0.3) is 0 Å². The van der Waals surface area contributed by atoms with Crippen LogP contribution in [0.1, 0.15) is 105 Å². The van der Waals surface area contributed by atoms with Crippen LogP contribution in [0.4, 0.5) is 0 Å². The smallest absolute Gasteiger partial charge is 0.0964 e. The van der Waals surface area contributed by atoms with Crippen molar-refractivity contribution in [1.29, 1.82) is 0 Å². The van der Waals surface area contributed by atoms with Gasteiger partial charge in [0.25, 0.3) is 0 Å². The number of allylic oxidation sites excluding steroid dienone is 1. The Labute approximate surface area is 179 Å². The molecule has 0 amide bonds. The van der Waals surface area contributed by atoms with E-state index in [1.807, 2.05) is 0 Å². The van der Waals surface area contributed by atoms with E-state index >= 15 is 0 Å². The van der Waals surface area contributed by atoms with Crippen LogP contribution >= 0.6 is 0 Å². The van der Waals surface area contributed by atoms with Gasteiger partial charge in [-0.25, -0.2) is 4.89 Å². The summed E-state index contributed by atoms with van der Waals surface area (Å²) in [6.45, 7) is 12.5. The SMILES string of the molecule is CC(C)CCC[C@H](C)C1CCC2C3CC=C4CC(OO)CC[C@]4(C)C3CC[C@@]21C. The van der Waals surface area contributed by atoms with Gasteiger partial charge in [0.05, 0.1) is 6.10 Å². The molecular weight excluding hydrogens is 356 g/mol. The van der Waals surface area contributed by atoms with Crippen molar-refractivity contribution in [1.82, 2.24) is 0 Å². The lowest BCUT2D eigenvalue weighted by Gasteiger charge is -2.58. The molecule has 5 unspecified atom stereocenters. The lowest BCUT2D eigenvalue weighted by molar-refractivity contribution is -0.284. The van der Waals surface area contributed by atoms with E-state index in [9.17, 15) is 5.26 Å². The molecule has 4 rings (SSSR count). The zero-order chi connectivity index (χ0) is 20.8. The minimum atomic E-state index is 0.0299. The summed E-state index contributed by atoms with van der Waals surface area (Å²) < 4.78 is 0. The molecule has 3 fully saturated rings. The third kappa shape index (κ3) is 3.75. The number of hydrogen-bond acceptors (Lipinski definition) is 2. The van der Waals surface area contributed by atoms with Gasteiger partial charge < -0.3 is 0 Å². The van der Waals surface area contributed by atoms with Gasteiger partial charge in [0.1, 0.15) is 0 Å². The van der Waals surface area contributed by atoms with E-state index in [0.717, 1.165) is 48.3 Å². The van der Waals surface area contributed by atoms with Gasteiger partial charge in [-0.05, 0) is 97.7 Å². The van der Waals surface area contributed by atoms with Gasteiger partial charge in [-0.3, -0.25) is 5.26 Å². The molecule has 0 aliphatic heterocycles. The van der Waals surface area contributed by atoms with Crippen molar-refractivity contribution in [3.8, 4) is 0 Å². The molecule has 166 valence electrons. The van der Waals surface area contributed by atoms with Gasteiger partial charge in [-0.2, -0.15) is 0 Å². The first-order chi connectivity index (χ1) is 13.8. The number of fused-ring (bicyclic) bond motifs is 5. The molecule has 0 radical (unpaired) electrons. The average molecular weight is 403 g/mol. The van der Waals surface area contributed by atoms with Gasteiger partial charge in [-0.1, -0.05) is 65.5 Å². The molecule has 4 aliphatic carbocycles. The summed E-state index contributed by atoms with van der Waals surface area (Å²) in [6.07, 6.45) is 17.1. The molecule has 8 atom stereocenters. The van der Waals surface area contributed by atoms with E-state index in [0.29, 0.717) is 10.8 Å². The van der Waals surface area contributed by atoms with Crippen molar-refractivity contribution in [2.75, 3.05) is 0 Å². The Morgan fingerprint density at radius 2 is 1.83 bits per heavy atom. The average Bonchev–Trinajstić information content (AvgIpc) is 3.04. The fraction of sp³-hybridized carbons (Fsp3) is 0.926. The lowest BCUT2D eigenvalue weighted by atomic mass is 9.47. The molecule has 1 N–H and O–H groups in total. The fourth-order valence-electron chi connectivity index (χ4n) is 8.74. The lowest BCUT2D eigenvalue weighted by Crippen LogP contribution is -2.51. The molecule has 4 aliphatic rings. The maximum Gasteiger partial charge on any atom is 0.0964 e. The Hall–Kier alpha value is -0.340. The van der Waals surface area contributed by atoms with Gasteiger partial charge >= 0.3 is 0 Å². The van der Waals surface area contributed by atoms with E-state index in [-0.39, 0.29) is 6.10 Å². The molecule has 0 aromatic carbocycles. The van der Waals surface area contributed by atoms with Crippen molar-refractivity contribution < 1.29 is 10.1 Å². The summed E-state index contributed by atoms with van der Waals surface area (Å²) in [6, 6.07) is 0. The van der Waals surface area contributed by atoms with E-state index in [1.54, 1.807) is 5.57 Å². The van der Waals surface area contributed by atoms with Crippen LogP contribution in [0.5, 0.6) is 0 Å². The zero-order valence-corrected chi connectivity index (χ0v) is 19.8. The highest BCUT2D eigenvalue weighted by molar-refractivity contribution is 5.25. The first-order valence-electron chi connectivity index (χ1n) is 12.8. The van der Waals surface area contributed by atoms with Crippen molar-refractivity contribution in [2.45, 2.75) is 111 Å². The van der Waals surface area contributed by atoms with Gasteiger partial charge in [-0.15, -0.1) is 0 Å². The fourth-order valence-corrected chi connectivity index (χ4v) is 8.74. The highest BCUT2D eigenvalue weighted by Gasteiger charge is 2.59. The zero-order valence-electron chi connectivity index (χ0n) is 19.8. The molecule has 3 saturated carbocycles. The summed E-state index contributed by atoms with van der Waals surface area (Å²) in [5.41, 5.74) is 2.54. The minimum Gasteiger partial charge on any atom is -0.252 e. The summed E-state index contributed by atoms with van der Waals surface area (Å²) >= 11 is 0. The predicted molar refractivity (Wildman–Crippen MR) is 121 cm³/mol. The van der Waals surface area contributed by atoms with Crippen LogP contribution in [0.15, 0.2) is 11.6 Å². The Morgan fingerprint density at radius 3 is 2.55 bits per heavy atom. The molecule has 0 saturated heterocycles. The predicted octanol–water partition coefficient (Wildman–Crippen LogP) is 7.89.